The molecule has 19 heavy (non-hydrogen) atoms. The minimum absolute atomic E-state index is 0.0490. The monoisotopic (exact) mass is 329 g/mol. The van der Waals surface area contributed by atoms with E-state index in [9.17, 15) is 14.3 Å². The van der Waals surface area contributed by atoms with E-state index >= 15 is 0 Å². The number of benzene rings is 1. The zero-order chi connectivity index (χ0) is 13.8. The van der Waals surface area contributed by atoms with Gasteiger partial charge in [0.15, 0.2) is 0 Å². The maximum atomic E-state index is 13.7. The van der Waals surface area contributed by atoms with Gasteiger partial charge in [0.25, 0.3) is 5.91 Å². The highest BCUT2D eigenvalue weighted by atomic mass is 79.9. The van der Waals surface area contributed by atoms with E-state index < -0.39 is 11.7 Å². The molecule has 0 saturated heterocycles. The molecule has 2 N–H and O–H groups in total. The Balaban J connectivity index is 1.96. The van der Waals surface area contributed by atoms with Crippen LogP contribution in [0.5, 0.6) is 0 Å². The zero-order valence-electron chi connectivity index (χ0n) is 10.5. The molecule has 2 unspecified atom stereocenters. The van der Waals surface area contributed by atoms with Crippen molar-refractivity contribution in [3.8, 4) is 0 Å². The summed E-state index contributed by atoms with van der Waals surface area (Å²) in [4.78, 5) is 11.9. The van der Waals surface area contributed by atoms with Crippen LogP contribution in [0, 0.1) is 17.7 Å². The molecule has 1 saturated carbocycles. The molecule has 0 spiro atoms. The third kappa shape index (κ3) is 3.34. The van der Waals surface area contributed by atoms with Crippen LogP contribution in [-0.4, -0.2) is 24.2 Å². The van der Waals surface area contributed by atoms with E-state index in [1.54, 1.807) is 12.1 Å². The summed E-state index contributed by atoms with van der Waals surface area (Å²) in [7, 11) is 0. The predicted molar refractivity (Wildman–Crippen MR) is 74.4 cm³/mol. The van der Waals surface area contributed by atoms with Crippen molar-refractivity contribution in [2.75, 3.05) is 13.2 Å². The summed E-state index contributed by atoms with van der Waals surface area (Å²) in [6, 6.07) is 4.66. The molecule has 1 aromatic rings. The summed E-state index contributed by atoms with van der Waals surface area (Å²) >= 11 is 3.06. The van der Waals surface area contributed by atoms with Gasteiger partial charge in [0, 0.05) is 13.2 Å². The van der Waals surface area contributed by atoms with Gasteiger partial charge < -0.3 is 10.4 Å². The van der Waals surface area contributed by atoms with Gasteiger partial charge in [-0.25, -0.2) is 4.39 Å². The Labute approximate surface area is 120 Å². The predicted octanol–water partition coefficient (Wildman–Crippen LogP) is 2.73. The lowest BCUT2D eigenvalue weighted by atomic mass is 9.97. The molecule has 1 aliphatic rings. The molecule has 1 aromatic carbocycles. The smallest absolute Gasteiger partial charge is 0.254 e. The second-order valence-electron chi connectivity index (χ2n) is 4.95. The lowest BCUT2D eigenvalue weighted by molar-refractivity contribution is 0.0933. The zero-order valence-corrected chi connectivity index (χ0v) is 12.1. The number of hydrogen-bond donors (Lipinski definition) is 2. The molecule has 0 bridgehead atoms. The summed E-state index contributed by atoms with van der Waals surface area (Å²) in [6.45, 7) is 0.655. The van der Waals surface area contributed by atoms with Gasteiger partial charge in [0.1, 0.15) is 5.82 Å². The minimum Gasteiger partial charge on any atom is -0.396 e. The standard InChI is InChI=1S/C14H17BrFNO2/c15-12-6-2-5-11(13(12)16)14(19)17-7-9-3-1-4-10(9)8-18/h2,5-6,9-10,18H,1,3-4,7-8H2,(H,17,19). The third-order valence-corrected chi connectivity index (χ3v) is 4.38. The maximum absolute atomic E-state index is 13.7. The summed E-state index contributed by atoms with van der Waals surface area (Å²) in [5.41, 5.74) is 0.0490. The molecule has 1 amide bonds. The quantitative estimate of drug-likeness (QED) is 0.892. The van der Waals surface area contributed by atoms with Crippen LogP contribution < -0.4 is 5.32 Å². The number of aliphatic hydroxyl groups is 1. The van der Waals surface area contributed by atoms with Crippen molar-refractivity contribution < 1.29 is 14.3 Å². The Morgan fingerprint density at radius 2 is 2.16 bits per heavy atom. The first kappa shape index (κ1) is 14.5. The molecule has 2 atom stereocenters. The van der Waals surface area contributed by atoms with Crippen LogP contribution in [0.4, 0.5) is 4.39 Å². The Hall–Kier alpha value is -0.940. The van der Waals surface area contributed by atoms with Gasteiger partial charge in [0.2, 0.25) is 0 Å². The molecule has 0 radical (unpaired) electrons. The minimum atomic E-state index is -0.537. The number of aliphatic hydroxyl groups excluding tert-OH is 1. The molecule has 0 aliphatic heterocycles. The van der Waals surface area contributed by atoms with Gasteiger partial charge in [0.05, 0.1) is 10.0 Å². The maximum Gasteiger partial charge on any atom is 0.254 e. The second-order valence-corrected chi connectivity index (χ2v) is 5.80. The van der Waals surface area contributed by atoms with E-state index in [4.69, 9.17) is 0 Å². The van der Waals surface area contributed by atoms with Gasteiger partial charge in [-0.05, 0) is 52.7 Å². The van der Waals surface area contributed by atoms with Crippen LogP contribution in [0.25, 0.3) is 0 Å². The van der Waals surface area contributed by atoms with Gasteiger partial charge in [-0.15, -0.1) is 0 Å². The first-order chi connectivity index (χ1) is 9.13. The van der Waals surface area contributed by atoms with Crippen molar-refractivity contribution in [1.29, 1.82) is 0 Å². The molecule has 0 heterocycles. The fraction of sp³-hybridized carbons (Fsp3) is 0.500. The number of carbonyl (C=O) groups is 1. The van der Waals surface area contributed by atoms with Crippen molar-refractivity contribution >= 4 is 21.8 Å². The van der Waals surface area contributed by atoms with Gasteiger partial charge in [-0.3, -0.25) is 4.79 Å². The second kappa shape index (κ2) is 6.48. The van der Waals surface area contributed by atoms with Crippen LogP contribution in [0.3, 0.4) is 0 Å². The van der Waals surface area contributed by atoms with E-state index in [2.05, 4.69) is 21.2 Å². The fourth-order valence-electron chi connectivity index (χ4n) is 2.62. The van der Waals surface area contributed by atoms with E-state index in [0.717, 1.165) is 19.3 Å². The van der Waals surface area contributed by atoms with E-state index in [-0.39, 0.29) is 22.6 Å². The lowest BCUT2D eigenvalue weighted by Crippen LogP contribution is -2.32. The number of rotatable bonds is 4. The average molecular weight is 330 g/mol. The Bertz CT molecular complexity index is 467. The molecule has 1 aliphatic carbocycles. The van der Waals surface area contributed by atoms with Crippen molar-refractivity contribution in [3.05, 3.63) is 34.1 Å². The van der Waals surface area contributed by atoms with E-state index in [1.807, 2.05) is 0 Å². The van der Waals surface area contributed by atoms with E-state index in [1.165, 1.54) is 6.07 Å². The SMILES string of the molecule is O=C(NCC1CCCC1CO)c1cccc(Br)c1F. The van der Waals surface area contributed by atoms with Crippen LogP contribution >= 0.6 is 15.9 Å². The lowest BCUT2D eigenvalue weighted by Gasteiger charge is -2.17. The molecule has 3 nitrogen and oxygen atoms in total. The number of hydrogen-bond acceptors (Lipinski definition) is 2. The fourth-order valence-corrected chi connectivity index (χ4v) is 2.99. The Morgan fingerprint density at radius 1 is 1.42 bits per heavy atom. The topological polar surface area (TPSA) is 49.3 Å². The van der Waals surface area contributed by atoms with Gasteiger partial charge in [-0.2, -0.15) is 0 Å². The number of amides is 1. The number of halogens is 2. The molecule has 2 rings (SSSR count). The first-order valence-electron chi connectivity index (χ1n) is 6.46. The van der Waals surface area contributed by atoms with Gasteiger partial charge >= 0.3 is 0 Å². The Kier molecular flexibility index (Phi) is 4.93. The highest BCUT2D eigenvalue weighted by Gasteiger charge is 2.27. The van der Waals surface area contributed by atoms with Crippen molar-refractivity contribution in [2.45, 2.75) is 19.3 Å². The number of carbonyl (C=O) groups excluding carboxylic acids is 1. The molecular formula is C14H17BrFNO2. The van der Waals surface area contributed by atoms with Crippen molar-refractivity contribution in [2.24, 2.45) is 11.8 Å². The Morgan fingerprint density at radius 3 is 2.89 bits per heavy atom. The van der Waals surface area contributed by atoms with E-state index in [0.29, 0.717) is 12.5 Å². The molecule has 104 valence electrons. The van der Waals surface area contributed by atoms with Gasteiger partial charge in [-0.1, -0.05) is 12.5 Å². The first-order valence-corrected chi connectivity index (χ1v) is 7.26. The van der Waals surface area contributed by atoms with Crippen LogP contribution in [0.15, 0.2) is 22.7 Å². The molecule has 5 heteroatoms. The van der Waals surface area contributed by atoms with Crippen LogP contribution in [-0.2, 0) is 0 Å². The molecule has 1 fully saturated rings. The summed E-state index contributed by atoms with van der Waals surface area (Å²) < 4.78 is 14.0. The summed E-state index contributed by atoms with van der Waals surface area (Å²) in [5.74, 6) is -0.385. The normalized spacial score (nSPS) is 22.5. The van der Waals surface area contributed by atoms with Crippen molar-refractivity contribution in [3.63, 3.8) is 0 Å². The largest absolute Gasteiger partial charge is 0.396 e. The highest BCUT2D eigenvalue weighted by molar-refractivity contribution is 9.10. The highest BCUT2D eigenvalue weighted by Crippen LogP contribution is 2.30. The van der Waals surface area contributed by atoms with Crippen molar-refractivity contribution in [1.82, 2.24) is 5.32 Å². The molecule has 0 aromatic heterocycles. The summed E-state index contributed by atoms with van der Waals surface area (Å²) in [6.07, 6.45) is 3.09. The molecular weight excluding hydrogens is 313 g/mol. The average Bonchev–Trinajstić information content (AvgIpc) is 2.86. The summed E-state index contributed by atoms with van der Waals surface area (Å²) in [5, 5.41) is 12.0. The number of nitrogens with one attached hydrogen (secondary N) is 1. The third-order valence-electron chi connectivity index (χ3n) is 3.77. The van der Waals surface area contributed by atoms with Crippen LogP contribution in [0.1, 0.15) is 29.6 Å². The van der Waals surface area contributed by atoms with Crippen LogP contribution in [0.2, 0.25) is 0 Å².